The summed E-state index contributed by atoms with van der Waals surface area (Å²) in [6.07, 6.45) is 5.82. The Balaban J connectivity index is 1.96. The second kappa shape index (κ2) is 2.86. The van der Waals surface area contributed by atoms with Crippen LogP contribution in [0.3, 0.4) is 0 Å². The van der Waals surface area contributed by atoms with E-state index in [0.717, 1.165) is 18.4 Å². The molecule has 2 nitrogen and oxygen atoms in total. The first-order valence-electron chi connectivity index (χ1n) is 4.82. The topological polar surface area (TPSA) is 29.3 Å². The molecule has 1 saturated heterocycles. The predicted octanol–water partition coefficient (Wildman–Crippen LogP) is 0.840. The summed E-state index contributed by atoms with van der Waals surface area (Å²) in [5.41, 5.74) is 6.09. The van der Waals surface area contributed by atoms with E-state index in [-0.39, 0.29) is 0 Å². The van der Waals surface area contributed by atoms with Crippen molar-refractivity contribution in [2.45, 2.75) is 25.4 Å². The van der Waals surface area contributed by atoms with E-state index in [2.05, 4.69) is 31.0 Å². The van der Waals surface area contributed by atoms with E-state index in [4.69, 9.17) is 5.73 Å². The lowest BCUT2D eigenvalue weighted by molar-refractivity contribution is 0.125. The molecule has 1 heterocycles. The second-order valence-corrected chi connectivity index (χ2v) is 4.31. The average molecular weight is 166 g/mol. The van der Waals surface area contributed by atoms with Crippen molar-refractivity contribution in [1.29, 1.82) is 0 Å². The SMILES string of the molecule is C[C@H]1CC(C2C=C2)[C@H](N)CN1C. The number of likely N-dealkylation sites (tertiary alicyclic amines) is 1. The van der Waals surface area contributed by atoms with E-state index in [0.29, 0.717) is 12.1 Å². The molecule has 2 aliphatic rings. The Hall–Kier alpha value is -0.340. The van der Waals surface area contributed by atoms with Gasteiger partial charge in [-0.05, 0) is 32.2 Å². The second-order valence-electron chi connectivity index (χ2n) is 4.31. The third-order valence-electron chi connectivity index (χ3n) is 3.32. The van der Waals surface area contributed by atoms with Crippen LogP contribution < -0.4 is 5.73 Å². The molecule has 2 rings (SSSR count). The number of hydrogen-bond donors (Lipinski definition) is 1. The highest BCUT2D eigenvalue weighted by molar-refractivity contribution is 5.18. The van der Waals surface area contributed by atoms with Gasteiger partial charge in [-0.25, -0.2) is 0 Å². The standard InChI is InChI=1S/C10H18N2/c1-7-5-9(8-3-4-8)10(11)6-12(7)2/h3-4,7-10H,5-6,11H2,1-2H3/t7-,9?,10+/m0/s1. The lowest BCUT2D eigenvalue weighted by Crippen LogP contribution is -2.51. The lowest BCUT2D eigenvalue weighted by atomic mass is 9.84. The Morgan fingerprint density at radius 1 is 1.42 bits per heavy atom. The van der Waals surface area contributed by atoms with Gasteiger partial charge in [0, 0.05) is 18.6 Å². The molecule has 0 amide bonds. The zero-order chi connectivity index (χ0) is 8.72. The van der Waals surface area contributed by atoms with Gasteiger partial charge in [0.1, 0.15) is 0 Å². The Morgan fingerprint density at radius 3 is 2.67 bits per heavy atom. The van der Waals surface area contributed by atoms with Crippen molar-refractivity contribution in [3.63, 3.8) is 0 Å². The third kappa shape index (κ3) is 1.41. The highest BCUT2D eigenvalue weighted by atomic mass is 15.1. The van der Waals surface area contributed by atoms with Gasteiger partial charge in [0.25, 0.3) is 0 Å². The minimum Gasteiger partial charge on any atom is -0.326 e. The summed E-state index contributed by atoms with van der Waals surface area (Å²) in [5.74, 6) is 1.45. The Bertz CT molecular complexity index is 194. The number of nitrogens with two attached hydrogens (primary N) is 1. The highest BCUT2D eigenvalue weighted by Gasteiger charge is 2.35. The van der Waals surface area contributed by atoms with Gasteiger partial charge >= 0.3 is 0 Å². The molecule has 1 aliphatic carbocycles. The molecule has 0 aromatic carbocycles. The van der Waals surface area contributed by atoms with Gasteiger partial charge in [0.15, 0.2) is 0 Å². The largest absolute Gasteiger partial charge is 0.326 e. The van der Waals surface area contributed by atoms with Crippen molar-refractivity contribution in [2.24, 2.45) is 17.6 Å². The summed E-state index contributed by atoms with van der Waals surface area (Å²) in [6.45, 7) is 3.35. The normalized spacial score (nSPS) is 43.4. The summed E-state index contributed by atoms with van der Waals surface area (Å²) in [6, 6.07) is 1.09. The van der Waals surface area contributed by atoms with Gasteiger partial charge in [-0.15, -0.1) is 0 Å². The van der Waals surface area contributed by atoms with Crippen molar-refractivity contribution < 1.29 is 0 Å². The van der Waals surface area contributed by atoms with Crippen LogP contribution in [0.15, 0.2) is 12.2 Å². The van der Waals surface area contributed by atoms with Gasteiger partial charge in [-0.2, -0.15) is 0 Å². The molecule has 0 radical (unpaired) electrons. The molecule has 12 heavy (non-hydrogen) atoms. The van der Waals surface area contributed by atoms with E-state index in [1.165, 1.54) is 6.42 Å². The van der Waals surface area contributed by atoms with Crippen LogP contribution in [-0.4, -0.2) is 30.6 Å². The van der Waals surface area contributed by atoms with Crippen molar-refractivity contribution in [3.05, 3.63) is 12.2 Å². The fraction of sp³-hybridized carbons (Fsp3) is 0.800. The molecule has 1 unspecified atom stereocenters. The van der Waals surface area contributed by atoms with Gasteiger partial charge in [0.2, 0.25) is 0 Å². The zero-order valence-electron chi connectivity index (χ0n) is 7.90. The number of likely N-dealkylation sites (N-methyl/N-ethyl adjacent to an activating group) is 1. The number of rotatable bonds is 1. The number of hydrogen-bond acceptors (Lipinski definition) is 2. The first-order chi connectivity index (χ1) is 5.68. The molecule has 0 aromatic rings. The van der Waals surface area contributed by atoms with Crippen LogP contribution in [0.5, 0.6) is 0 Å². The van der Waals surface area contributed by atoms with E-state index in [9.17, 15) is 0 Å². The molecule has 1 aliphatic heterocycles. The van der Waals surface area contributed by atoms with E-state index in [1.54, 1.807) is 0 Å². The fourth-order valence-electron chi connectivity index (χ4n) is 2.19. The minimum atomic E-state index is 0.381. The highest BCUT2D eigenvalue weighted by Crippen LogP contribution is 2.35. The summed E-state index contributed by atoms with van der Waals surface area (Å²) >= 11 is 0. The zero-order valence-corrected chi connectivity index (χ0v) is 7.90. The van der Waals surface area contributed by atoms with Crippen LogP contribution in [0, 0.1) is 11.8 Å². The van der Waals surface area contributed by atoms with E-state index < -0.39 is 0 Å². The van der Waals surface area contributed by atoms with Crippen LogP contribution >= 0.6 is 0 Å². The molecule has 2 N–H and O–H groups in total. The van der Waals surface area contributed by atoms with Crippen LogP contribution in [0.1, 0.15) is 13.3 Å². The first kappa shape index (κ1) is 8.27. The molecule has 0 saturated carbocycles. The number of allylic oxidation sites excluding steroid dienone is 2. The smallest absolute Gasteiger partial charge is 0.0205 e. The van der Waals surface area contributed by atoms with Gasteiger partial charge < -0.3 is 10.6 Å². The molecular weight excluding hydrogens is 148 g/mol. The Kier molecular flexibility index (Phi) is 1.97. The summed E-state index contributed by atoms with van der Waals surface area (Å²) in [5, 5.41) is 0. The number of nitrogens with zero attached hydrogens (tertiary/aromatic N) is 1. The van der Waals surface area contributed by atoms with Gasteiger partial charge in [-0.1, -0.05) is 12.2 Å². The molecule has 2 heteroatoms. The monoisotopic (exact) mass is 166 g/mol. The molecular formula is C10H18N2. The van der Waals surface area contributed by atoms with Gasteiger partial charge in [-0.3, -0.25) is 0 Å². The maximum Gasteiger partial charge on any atom is 0.0205 e. The van der Waals surface area contributed by atoms with Crippen LogP contribution in [0.2, 0.25) is 0 Å². The van der Waals surface area contributed by atoms with Crippen molar-refractivity contribution in [2.75, 3.05) is 13.6 Å². The van der Waals surface area contributed by atoms with Crippen molar-refractivity contribution >= 4 is 0 Å². The predicted molar refractivity (Wildman–Crippen MR) is 50.8 cm³/mol. The number of piperidine rings is 1. The molecule has 0 spiro atoms. The maximum atomic E-state index is 6.09. The minimum absolute atomic E-state index is 0.381. The van der Waals surface area contributed by atoms with Crippen molar-refractivity contribution in [3.8, 4) is 0 Å². The van der Waals surface area contributed by atoms with Crippen molar-refractivity contribution in [1.82, 2.24) is 4.90 Å². The average Bonchev–Trinajstić information content (AvgIpc) is 2.79. The molecule has 68 valence electrons. The maximum absolute atomic E-state index is 6.09. The summed E-state index contributed by atoms with van der Waals surface area (Å²) in [7, 11) is 2.17. The fourth-order valence-corrected chi connectivity index (χ4v) is 2.19. The summed E-state index contributed by atoms with van der Waals surface area (Å²) in [4.78, 5) is 2.36. The summed E-state index contributed by atoms with van der Waals surface area (Å²) < 4.78 is 0. The first-order valence-corrected chi connectivity index (χ1v) is 4.82. The molecule has 0 bridgehead atoms. The quantitative estimate of drug-likeness (QED) is 0.585. The lowest BCUT2D eigenvalue weighted by Gasteiger charge is -2.39. The van der Waals surface area contributed by atoms with Gasteiger partial charge in [0.05, 0.1) is 0 Å². The molecule has 3 atom stereocenters. The molecule has 0 aromatic heterocycles. The molecule has 1 fully saturated rings. The van der Waals surface area contributed by atoms with Crippen LogP contribution in [0.25, 0.3) is 0 Å². The van der Waals surface area contributed by atoms with E-state index >= 15 is 0 Å². The van der Waals surface area contributed by atoms with Crippen LogP contribution in [-0.2, 0) is 0 Å². The Labute approximate surface area is 74.4 Å². The third-order valence-corrected chi connectivity index (χ3v) is 3.32. The van der Waals surface area contributed by atoms with E-state index in [1.807, 2.05) is 0 Å². The van der Waals surface area contributed by atoms with Crippen LogP contribution in [0.4, 0.5) is 0 Å². The Morgan fingerprint density at radius 2 is 2.08 bits per heavy atom.